The maximum absolute atomic E-state index is 2.30. The Morgan fingerprint density at radius 1 is 1.00 bits per heavy atom. The van der Waals surface area contributed by atoms with Crippen LogP contribution in [0.25, 0.3) is 6.08 Å². The topological polar surface area (TPSA) is 0 Å². The first kappa shape index (κ1) is 17.8. The summed E-state index contributed by atoms with van der Waals surface area (Å²) in [4.78, 5) is 0. The second kappa shape index (κ2) is 7.38. The van der Waals surface area contributed by atoms with Crippen LogP contribution in [-0.4, -0.2) is 0 Å². The van der Waals surface area contributed by atoms with Crippen molar-refractivity contribution in [1.29, 1.82) is 0 Å². The van der Waals surface area contributed by atoms with E-state index >= 15 is 0 Å². The molecule has 0 heterocycles. The maximum atomic E-state index is 2.30. The molecule has 0 bridgehead atoms. The molecule has 0 saturated carbocycles. The van der Waals surface area contributed by atoms with Crippen LogP contribution in [-0.2, 0) is 26.2 Å². The number of halogens is 2. The van der Waals surface area contributed by atoms with Gasteiger partial charge >= 0.3 is 26.2 Å². The van der Waals surface area contributed by atoms with Crippen molar-refractivity contribution in [1.82, 2.24) is 0 Å². The quantitative estimate of drug-likeness (QED) is 0.513. The molecule has 91 valence electrons. The number of benzene rings is 1. The van der Waals surface area contributed by atoms with Gasteiger partial charge in [-0.05, 0) is 17.0 Å². The molecular formula is C15H13Cl2Zr. The summed E-state index contributed by atoms with van der Waals surface area (Å²) in [6, 6.07) is 15.2. The zero-order chi connectivity index (χ0) is 10.3. The van der Waals surface area contributed by atoms with Crippen molar-refractivity contribution >= 4 is 6.08 Å². The zero-order valence-electron chi connectivity index (χ0n) is 10.0. The first-order valence-electron chi connectivity index (χ1n) is 5.35. The van der Waals surface area contributed by atoms with Gasteiger partial charge in [0, 0.05) is 0 Å². The van der Waals surface area contributed by atoms with Crippen molar-refractivity contribution in [3.8, 4) is 0 Å². The van der Waals surface area contributed by atoms with Crippen LogP contribution in [0.4, 0.5) is 0 Å². The van der Waals surface area contributed by atoms with E-state index in [4.69, 9.17) is 0 Å². The van der Waals surface area contributed by atoms with Crippen LogP contribution < -0.4 is 24.8 Å². The van der Waals surface area contributed by atoms with Crippen LogP contribution in [0.3, 0.4) is 0 Å². The van der Waals surface area contributed by atoms with E-state index in [1.54, 1.807) is 0 Å². The molecule has 0 nitrogen and oxygen atoms in total. The van der Waals surface area contributed by atoms with E-state index in [0.29, 0.717) is 5.92 Å². The Hall–Kier alpha value is -0.227. The Morgan fingerprint density at radius 3 is 2.39 bits per heavy atom. The first-order valence-corrected chi connectivity index (χ1v) is 5.35. The molecule has 1 aliphatic rings. The summed E-state index contributed by atoms with van der Waals surface area (Å²) in [5.41, 5.74) is 5.63. The van der Waals surface area contributed by atoms with E-state index in [1.807, 2.05) is 0 Å². The Bertz CT molecular complexity index is 529. The number of fused-ring (bicyclic) bond motifs is 1. The summed E-state index contributed by atoms with van der Waals surface area (Å²) in [7, 11) is 0. The third-order valence-electron chi connectivity index (χ3n) is 3.21. The molecule has 0 fully saturated rings. The van der Waals surface area contributed by atoms with Crippen molar-refractivity contribution in [3.63, 3.8) is 0 Å². The fourth-order valence-corrected chi connectivity index (χ4v) is 2.39. The molecule has 1 unspecified atom stereocenters. The molecule has 1 atom stereocenters. The van der Waals surface area contributed by atoms with Gasteiger partial charge in [0.05, 0.1) is 0 Å². The SMILES string of the molecule is Cc1ccc[c-]1C1C=Cc2ccccc21.[Cl-].[Cl-].[Zr+3]. The summed E-state index contributed by atoms with van der Waals surface area (Å²) in [6.07, 6.45) is 4.53. The molecule has 18 heavy (non-hydrogen) atoms. The normalized spacial score (nSPS) is 15.1. The molecule has 0 spiro atoms. The predicted molar refractivity (Wildman–Crippen MR) is 64.1 cm³/mol. The van der Waals surface area contributed by atoms with Gasteiger partial charge in [-0.3, -0.25) is 0 Å². The summed E-state index contributed by atoms with van der Waals surface area (Å²) in [6.45, 7) is 2.18. The Balaban J connectivity index is 0.000000963. The van der Waals surface area contributed by atoms with Gasteiger partial charge in [0.1, 0.15) is 0 Å². The van der Waals surface area contributed by atoms with E-state index < -0.39 is 0 Å². The fourth-order valence-electron chi connectivity index (χ4n) is 2.39. The summed E-state index contributed by atoms with van der Waals surface area (Å²) >= 11 is 0. The molecule has 2 aromatic rings. The first-order chi connectivity index (χ1) is 7.36. The van der Waals surface area contributed by atoms with Gasteiger partial charge in [0.15, 0.2) is 0 Å². The fraction of sp³-hybridized carbons (Fsp3) is 0.133. The molecule has 2 aromatic carbocycles. The van der Waals surface area contributed by atoms with Crippen LogP contribution in [0.15, 0.2) is 48.5 Å². The molecule has 3 heteroatoms. The molecular weight excluding hydrogens is 342 g/mol. The van der Waals surface area contributed by atoms with Crippen LogP contribution in [0.2, 0.25) is 0 Å². The monoisotopic (exact) mass is 353 g/mol. The second-order valence-corrected chi connectivity index (χ2v) is 4.13. The van der Waals surface area contributed by atoms with Gasteiger partial charge in [-0.2, -0.15) is 11.6 Å². The Labute approximate surface area is 140 Å². The number of allylic oxidation sites excluding steroid dienone is 1. The van der Waals surface area contributed by atoms with Gasteiger partial charge in [-0.15, -0.1) is 5.56 Å². The molecule has 0 N–H and O–H groups in total. The zero-order valence-corrected chi connectivity index (χ0v) is 14.0. The Kier molecular flexibility index (Phi) is 7.29. The van der Waals surface area contributed by atoms with Crippen LogP contribution in [0.5, 0.6) is 0 Å². The van der Waals surface area contributed by atoms with Crippen molar-refractivity contribution in [2.45, 2.75) is 12.8 Å². The third kappa shape index (κ3) is 3.02. The molecule has 1 radical (unpaired) electrons. The third-order valence-corrected chi connectivity index (χ3v) is 3.21. The Morgan fingerprint density at radius 2 is 1.72 bits per heavy atom. The van der Waals surface area contributed by atoms with Crippen molar-refractivity contribution in [2.75, 3.05) is 0 Å². The minimum atomic E-state index is 0. The van der Waals surface area contributed by atoms with E-state index in [9.17, 15) is 0 Å². The summed E-state index contributed by atoms with van der Waals surface area (Å²) in [5, 5.41) is 0. The number of hydrogen-bond acceptors (Lipinski definition) is 0. The van der Waals surface area contributed by atoms with Gasteiger partial charge < -0.3 is 24.8 Å². The van der Waals surface area contributed by atoms with Gasteiger partial charge in [0.25, 0.3) is 0 Å². The van der Waals surface area contributed by atoms with Crippen molar-refractivity contribution in [2.24, 2.45) is 0 Å². The number of rotatable bonds is 1. The molecule has 0 saturated heterocycles. The number of hydrogen-bond donors (Lipinski definition) is 0. The largest absolute Gasteiger partial charge is 3.00 e. The van der Waals surface area contributed by atoms with E-state index in [-0.39, 0.29) is 51.0 Å². The summed E-state index contributed by atoms with van der Waals surface area (Å²) < 4.78 is 0. The van der Waals surface area contributed by atoms with Gasteiger partial charge in [-0.25, -0.2) is 12.1 Å². The molecule has 0 aromatic heterocycles. The average Bonchev–Trinajstić information content (AvgIpc) is 2.83. The van der Waals surface area contributed by atoms with Crippen molar-refractivity contribution < 1.29 is 51.0 Å². The maximum Gasteiger partial charge on any atom is 3.00 e. The van der Waals surface area contributed by atoms with E-state index in [0.717, 1.165) is 0 Å². The molecule has 0 aliphatic heterocycles. The standard InChI is InChI=1S/C15H13.2ClH.Zr/c1-11-5-4-8-13(11)15-10-9-12-6-2-3-7-14(12)15;;;/h2-10,15H,1H3;2*1H;/q-1;;;+3/p-2. The number of aryl methyl sites for hydroxylation is 1. The minimum absolute atomic E-state index is 0. The minimum Gasteiger partial charge on any atom is -1.00 e. The molecule has 0 amide bonds. The van der Waals surface area contributed by atoms with E-state index in [2.05, 4.69) is 61.5 Å². The van der Waals surface area contributed by atoms with Crippen LogP contribution in [0.1, 0.15) is 28.2 Å². The van der Waals surface area contributed by atoms with Crippen LogP contribution >= 0.6 is 0 Å². The van der Waals surface area contributed by atoms with Crippen LogP contribution in [0, 0.1) is 6.92 Å². The van der Waals surface area contributed by atoms with Gasteiger partial charge in [0.2, 0.25) is 0 Å². The van der Waals surface area contributed by atoms with Crippen molar-refractivity contribution in [3.05, 3.63) is 70.8 Å². The summed E-state index contributed by atoms with van der Waals surface area (Å²) in [5.74, 6) is 0.469. The molecule has 1 aliphatic carbocycles. The smallest absolute Gasteiger partial charge is 1.00 e. The average molecular weight is 355 g/mol. The van der Waals surface area contributed by atoms with Gasteiger partial charge in [-0.1, -0.05) is 43.3 Å². The van der Waals surface area contributed by atoms with E-state index in [1.165, 1.54) is 22.3 Å². The molecule has 3 rings (SSSR count). The second-order valence-electron chi connectivity index (χ2n) is 4.13. The predicted octanol–water partition coefficient (Wildman–Crippen LogP) is -2.12.